The van der Waals surface area contributed by atoms with Gasteiger partial charge in [-0.1, -0.05) is 23.7 Å². The maximum absolute atomic E-state index is 13.2. The number of carbonyl (C=O) groups is 2. The Kier molecular flexibility index (Phi) is 6.39. The van der Waals surface area contributed by atoms with Crippen LogP contribution in [0.5, 0.6) is 0 Å². The number of nitrogens with zero attached hydrogens (tertiary/aromatic N) is 1. The van der Waals surface area contributed by atoms with E-state index in [-0.39, 0.29) is 23.8 Å². The van der Waals surface area contributed by atoms with E-state index >= 15 is 0 Å². The van der Waals surface area contributed by atoms with E-state index in [1.54, 1.807) is 54.7 Å². The van der Waals surface area contributed by atoms with E-state index in [9.17, 15) is 9.59 Å². The highest BCUT2D eigenvalue weighted by molar-refractivity contribution is 6.30. The second-order valence-electron chi connectivity index (χ2n) is 7.55. The molecule has 0 spiro atoms. The summed E-state index contributed by atoms with van der Waals surface area (Å²) in [7, 11) is 1.60. The number of hydrogen-bond acceptors (Lipinski definition) is 4. The molecule has 2 unspecified atom stereocenters. The monoisotopic (exact) mass is 438 g/mol. The number of amides is 2. The lowest BCUT2D eigenvalue weighted by Crippen LogP contribution is -2.49. The molecule has 0 radical (unpaired) electrons. The minimum atomic E-state index is -0.383. The summed E-state index contributed by atoms with van der Waals surface area (Å²) in [6.07, 6.45) is 1.93. The summed E-state index contributed by atoms with van der Waals surface area (Å²) in [4.78, 5) is 27.8. The lowest BCUT2D eigenvalue weighted by Gasteiger charge is -2.36. The largest absolute Gasteiger partial charge is 0.464 e. The fourth-order valence-corrected chi connectivity index (χ4v) is 3.91. The van der Waals surface area contributed by atoms with Gasteiger partial charge in [0, 0.05) is 42.0 Å². The van der Waals surface area contributed by atoms with Gasteiger partial charge in [-0.3, -0.25) is 9.59 Å². The van der Waals surface area contributed by atoms with Gasteiger partial charge >= 0.3 is 0 Å². The zero-order valence-electron chi connectivity index (χ0n) is 17.1. The first-order chi connectivity index (χ1) is 15.0. The van der Waals surface area contributed by atoms with Gasteiger partial charge in [-0.05, 0) is 55.0 Å². The molecule has 0 saturated carbocycles. The molecule has 1 saturated heterocycles. The smallest absolute Gasteiger partial charge is 0.253 e. The van der Waals surface area contributed by atoms with E-state index in [2.05, 4.69) is 5.32 Å². The molecule has 1 N–H and O–H groups in total. The first-order valence-electron chi connectivity index (χ1n) is 10.1. The molecule has 1 aromatic heterocycles. The molecule has 2 aromatic carbocycles. The van der Waals surface area contributed by atoms with E-state index in [0.29, 0.717) is 41.5 Å². The molecule has 4 rings (SSSR count). The quantitative estimate of drug-likeness (QED) is 0.625. The van der Waals surface area contributed by atoms with Gasteiger partial charge < -0.3 is 19.4 Å². The summed E-state index contributed by atoms with van der Waals surface area (Å²) in [6, 6.07) is 17.9. The molecular weight excluding hydrogens is 416 g/mol. The van der Waals surface area contributed by atoms with Crippen LogP contribution in [0.2, 0.25) is 5.02 Å². The lowest BCUT2D eigenvalue weighted by atomic mass is 9.94. The highest BCUT2D eigenvalue weighted by atomic mass is 35.5. The Morgan fingerprint density at radius 2 is 1.90 bits per heavy atom. The molecule has 1 aliphatic rings. The molecular formula is C24H23ClN2O4. The third kappa shape index (κ3) is 4.98. The number of anilines is 1. The van der Waals surface area contributed by atoms with Crippen LogP contribution >= 0.6 is 11.6 Å². The second kappa shape index (κ2) is 9.37. The number of methoxy groups -OCH3 is 1. The highest BCUT2D eigenvalue weighted by Gasteiger charge is 2.34. The predicted octanol–water partition coefficient (Wildman–Crippen LogP) is 4.72. The van der Waals surface area contributed by atoms with Crippen LogP contribution in [0.1, 0.15) is 16.8 Å². The first-order valence-corrected chi connectivity index (χ1v) is 10.4. The maximum atomic E-state index is 13.2. The summed E-state index contributed by atoms with van der Waals surface area (Å²) in [5, 5.41) is 3.51. The molecule has 31 heavy (non-hydrogen) atoms. The van der Waals surface area contributed by atoms with Crippen LogP contribution in [0, 0.1) is 5.92 Å². The van der Waals surface area contributed by atoms with Gasteiger partial charge in [0.25, 0.3) is 5.91 Å². The van der Waals surface area contributed by atoms with Crippen molar-refractivity contribution in [1.29, 1.82) is 0 Å². The van der Waals surface area contributed by atoms with Crippen molar-refractivity contribution < 1.29 is 18.7 Å². The molecule has 0 bridgehead atoms. The normalized spacial score (nSPS) is 18.6. The zero-order valence-corrected chi connectivity index (χ0v) is 17.8. The molecule has 0 aliphatic carbocycles. The molecule has 6 nitrogen and oxygen atoms in total. The number of furan rings is 1. The minimum absolute atomic E-state index is 0.139. The minimum Gasteiger partial charge on any atom is -0.464 e. The number of rotatable bonds is 5. The number of ether oxygens (including phenoxy) is 1. The number of carbonyl (C=O) groups excluding carboxylic acids is 2. The Morgan fingerprint density at radius 3 is 2.61 bits per heavy atom. The molecule has 7 heteroatoms. The average Bonchev–Trinajstić information content (AvgIpc) is 3.35. The van der Waals surface area contributed by atoms with Gasteiger partial charge in [-0.2, -0.15) is 0 Å². The van der Waals surface area contributed by atoms with Crippen molar-refractivity contribution in [3.05, 3.63) is 77.5 Å². The molecule has 1 fully saturated rings. The molecule has 2 atom stereocenters. The van der Waals surface area contributed by atoms with Gasteiger partial charge in [0.1, 0.15) is 5.76 Å². The standard InChI is InChI=1S/C24H23ClN2O4/c1-30-21-13-18(23(28)26-20-9-7-19(25)8-10-20)14-27(15-21)24(29)17-5-2-4-16(12-17)22-6-3-11-31-22/h2-12,18,21H,13-15H2,1H3,(H,26,28). The van der Waals surface area contributed by atoms with Crippen molar-refractivity contribution >= 4 is 29.1 Å². The Balaban J connectivity index is 1.50. The maximum Gasteiger partial charge on any atom is 0.253 e. The second-order valence-corrected chi connectivity index (χ2v) is 7.99. The topological polar surface area (TPSA) is 71.8 Å². The fraction of sp³-hybridized carbons (Fsp3) is 0.250. The van der Waals surface area contributed by atoms with E-state index in [0.717, 1.165) is 5.56 Å². The molecule has 2 amide bonds. The Labute approximate surface area is 185 Å². The van der Waals surface area contributed by atoms with Crippen molar-refractivity contribution in [1.82, 2.24) is 4.90 Å². The summed E-state index contributed by atoms with van der Waals surface area (Å²) in [5.41, 5.74) is 2.04. The number of hydrogen-bond donors (Lipinski definition) is 1. The highest BCUT2D eigenvalue weighted by Crippen LogP contribution is 2.25. The van der Waals surface area contributed by atoms with Gasteiger partial charge in [0.15, 0.2) is 0 Å². The number of likely N-dealkylation sites (tertiary alicyclic amines) is 1. The Hall–Kier alpha value is -3.09. The van der Waals surface area contributed by atoms with E-state index in [4.69, 9.17) is 20.8 Å². The van der Waals surface area contributed by atoms with Crippen LogP contribution in [0.25, 0.3) is 11.3 Å². The van der Waals surface area contributed by atoms with Crippen molar-refractivity contribution in [3.63, 3.8) is 0 Å². The first kappa shape index (κ1) is 21.2. The summed E-state index contributed by atoms with van der Waals surface area (Å²) >= 11 is 5.91. The lowest BCUT2D eigenvalue weighted by molar-refractivity contribution is -0.123. The van der Waals surface area contributed by atoms with Gasteiger partial charge in [0.05, 0.1) is 18.3 Å². The number of halogens is 1. The molecule has 3 aromatic rings. The predicted molar refractivity (Wildman–Crippen MR) is 119 cm³/mol. The Morgan fingerprint density at radius 1 is 1.10 bits per heavy atom. The SMILES string of the molecule is COC1CC(C(=O)Nc2ccc(Cl)cc2)CN(C(=O)c2cccc(-c3ccco3)c2)C1. The molecule has 160 valence electrons. The van der Waals surface area contributed by atoms with Crippen LogP contribution in [0.15, 0.2) is 71.3 Å². The van der Waals surface area contributed by atoms with Crippen LogP contribution in [-0.4, -0.2) is 43.0 Å². The van der Waals surface area contributed by atoms with Gasteiger partial charge in [-0.15, -0.1) is 0 Å². The van der Waals surface area contributed by atoms with Crippen LogP contribution in [-0.2, 0) is 9.53 Å². The van der Waals surface area contributed by atoms with Gasteiger partial charge in [0.2, 0.25) is 5.91 Å². The fourth-order valence-electron chi connectivity index (χ4n) is 3.79. The van der Waals surface area contributed by atoms with E-state index < -0.39 is 0 Å². The molecule has 1 aliphatic heterocycles. The van der Waals surface area contributed by atoms with Crippen molar-refractivity contribution in [2.45, 2.75) is 12.5 Å². The van der Waals surface area contributed by atoms with Crippen molar-refractivity contribution in [3.8, 4) is 11.3 Å². The number of piperidine rings is 1. The zero-order chi connectivity index (χ0) is 21.8. The van der Waals surface area contributed by atoms with Crippen LogP contribution in [0.3, 0.4) is 0 Å². The third-order valence-electron chi connectivity index (χ3n) is 5.43. The third-order valence-corrected chi connectivity index (χ3v) is 5.68. The summed E-state index contributed by atoms with van der Waals surface area (Å²) in [6.45, 7) is 0.758. The van der Waals surface area contributed by atoms with Crippen molar-refractivity contribution in [2.24, 2.45) is 5.92 Å². The van der Waals surface area contributed by atoms with Crippen LogP contribution < -0.4 is 5.32 Å². The van der Waals surface area contributed by atoms with Crippen LogP contribution in [0.4, 0.5) is 5.69 Å². The molecule has 2 heterocycles. The Bertz CT molecular complexity index is 1050. The summed E-state index contributed by atoms with van der Waals surface area (Å²) < 4.78 is 11.0. The van der Waals surface area contributed by atoms with Gasteiger partial charge in [-0.25, -0.2) is 0 Å². The number of nitrogens with one attached hydrogen (secondary N) is 1. The number of benzene rings is 2. The van der Waals surface area contributed by atoms with Crippen molar-refractivity contribution in [2.75, 3.05) is 25.5 Å². The van der Waals surface area contributed by atoms with E-state index in [1.165, 1.54) is 0 Å². The summed E-state index contributed by atoms with van der Waals surface area (Å²) in [5.74, 6) is 0.0283. The average molecular weight is 439 g/mol. The van der Waals surface area contributed by atoms with E-state index in [1.807, 2.05) is 24.3 Å².